The van der Waals surface area contributed by atoms with Gasteiger partial charge in [0.1, 0.15) is 5.56 Å². The molecule has 2 heterocycles. The Balaban J connectivity index is 1.90. The molecule has 4 aromatic rings. The lowest BCUT2D eigenvalue weighted by molar-refractivity contribution is 0.0481. The van der Waals surface area contributed by atoms with Crippen LogP contribution in [0.4, 0.5) is 0 Å². The van der Waals surface area contributed by atoms with E-state index in [0.717, 1.165) is 10.8 Å². The van der Waals surface area contributed by atoms with E-state index >= 15 is 0 Å². The zero-order valence-corrected chi connectivity index (χ0v) is 18.2. The summed E-state index contributed by atoms with van der Waals surface area (Å²) in [7, 11) is 0. The first-order valence-electron chi connectivity index (χ1n) is 10.7. The van der Waals surface area contributed by atoms with Crippen LogP contribution in [0.2, 0.25) is 0 Å². The molecule has 7 nitrogen and oxygen atoms in total. The number of carbonyl (C=O) groups is 2. The van der Waals surface area contributed by atoms with Crippen molar-refractivity contribution in [3.05, 3.63) is 65.7 Å². The number of esters is 2. The lowest BCUT2D eigenvalue weighted by Gasteiger charge is -2.17. The average Bonchev–Trinajstić information content (AvgIpc) is 3.31. The second kappa shape index (κ2) is 8.43. The number of hydrogen-bond acceptors (Lipinski definition) is 7. The number of carbonyl (C=O) groups excluding carboxylic acids is 2. The fourth-order valence-corrected chi connectivity index (χ4v) is 4.10. The third kappa shape index (κ3) is 3.51. The van der Waals surface area contributed by atoms with Crippen molar-refractivity contribution >= 4 is 33.6 Å². The predicted octanol–water partition coefficient (Wildman–Crippen LogP) is 5.14. The van der Waals surface area contributed by atoms with Crippen LogP contribution in [0, 0.1) is 0 Å². The van der Waals surface area contributed by atoms with Gasteiger partial charge in [0, 0.05) is 10.9 Å². The fourth-order valence-electron chi connectivity index (χ4n) is 4.10. The summed E-state index contributed by atoms with van der Waals surface area (Å²) in [5.41, 5.74) is 1.70. The standard InChI is InChI=1S/C26H21NO6/c1-3-30-25(28)22-21-17-8-6-5-7-15(17)9-11-18(21)27-24(23(22)26(29)31-4-2)16-10-12-19-20(13-16)33-14-32-19/h5-13H,3-4,14H2,1-2H3. The highest BCUT2D eigenvalue weighted by Crippen LogP contribution is 2.39. The van der Waals surface area contributed by atoms with Crippen LogP contribution in [0.15, 0.2) is 54.6 Å². The SMILES string of the molecule is CCOC(=O)c1c(-c2ccc3c(c2)OCO3)nc2ccc3ccccc3c2c1C(=O)OCC. The van der Waals surface area contributed by atoms with Gasteiger partial charge in [-0.1, -0.05) is 30.3 Å². The fraction of sp³-hybridized carbons (Fsp3) is 0.192. The maximum atomic E-state index is 13.3. The van der Waals surface area contributed by atoms with Crippen LogP contribution in [0.5, 0.6) is 11.5 Å². The van der Waals surface area contributed by atoms with Crippen LogP contribution in [0.3, 0.4) is 0 Å². The van der Waals surface area contributed by atoms with Gasteiger partial charge in [-0.05, 0) is 48.9 Å². The molecule has 3 aromatic carbocycles. The van der Waals surface area contributed by atoms with E-state index in [2.05, 4.69) is 0 Å². The van der Waals surface area contributed by atoms with Crippen LogP contribution in [0.1, 0.15) is 34.6 Å². The minimum absolute atomic E-state index is 0.0676. The van der Waals surface area contributed by atoms with E-state index < -0.39 is 11.9 Å². The number of ether oxygens (including phenoxy) is 4. The van der Waals surface area contributed by atoms with E-state index in [9.17, 15) is 9.59 Å². The number of nitrogens with zero attached hydrogens (tertiary/aromatic N) is 1. The second-order valence-electron chi connectivity index (χ2n) is 7.40. The van der Waals surface area contributed by atoms with Crippen molar-refractivity contribution in [2.24, 2.45) is 0 Å². The Kier molecular flexibility index (Phi) is 5.30. The summed E-state index contributed by atoms with van der Waals surface area (Å²) in [6.45, 7) is 3.87. The summed E-state index contributed by atoms with van der Waals surface area (Å²) >= 11 is 0. The average molecular weight is 443 g/mol. The van der Waals surface area contributed by atoms with Crippen LogP contribution >= 0.6 is 0 Å². The first-order chi connectivity index (χ1) is 16.1. The highest BCUT2D eigenvalue weighted by molar-refractivity contribution is 6.21. The van der Waals surface area contributed by atoms with Crippen molar-refractivity contribution in [2.45, 2.75) is 13.8 Å². The molecule has 0 saturated heterocycles. The summed E-state index contributed by atoms with van der Waals surface area (Å²) in [4.78, 5) is 31.4. The molecule has 0 bridgehead atoms. The Morgan fingerprint density at radius 1 is 0.879 bits per heavy atom. The molecule has 0 radical (unpaired) electrons. The molecule has 1 aliphatic rings. The van der Waals surface area contributed by atoms with E-state index in [4.69, 9.17) is 23.9 Å². The number of aromatic nitrogens is 1. The summed E-state index contributed by atoms with van der Waals surface area (Å²) in [5.74, 6) is -0.101. The molecule has 0 unspecified atom stereocenters. The van der Waals surface area contributed by atoms with Crippen LogP contribution in [0.25, 0.3) is 32.9 Å². The maximum absolute atomic E-state index is 13.3. The predicted molar refractivity (Wildman–Crippen MR) is 123 cm³/mol. The van der Waals surface area contributed by atoms with Crippen LogP contribution in [-0.4, -0.2) is 36.9 Å². The molecule has 7 heteroatoms. The quantitative estimate of drug-likeness (QED) is 0.312. The number of pyridine rings is 1. The van der Waals surface area contributed by atoms with Crippen molar-refractivity contribution in [1.29, 1.82) is 0 Å². The highest BCUT2D eigenvalue weighted by atomic mass is 16.7. The monoisotopic (exact) mass is 443 g/mol. The summed E-state index contributed by atoms with van der Waals surface area (Å²) in [5, 5.41) is 2.27. The molecule has 0 amide bonds. The third-order valence-electron chi connectivity index (χ3n) is 5.48. The number of hydrogen-bond donors (Lipinski definition) is 0. The number of rotatable bonds is 5. The molecule has 0 aliphatic carbocycles. The topological polar surface area (TPSA) is 84.0 Å². The lowest BCUT2D eigenvalue weighted by Crippen LogP contribution is -2.17. The molecule has 0 N–H and O–H groups in total. The Morgan fingerprint density at radius 2 is 1.61 bits per heavy atom. The van der Waals surface area contributed by atoms with Gasteiger partial charge in [-0.15, -0.1) is 0 Å². The molecule has 0 atom stereocenters. The minimum Gasteiger partial charge on any atom is -0.462 e. The van der Waals surface area contributed by atoms with Gasteiger partial charge in [-0.3, -0.25) is 0 Å². The van der Waals surface area contributed by atoms with Gasteiger partial charge in [-0.25, -0.2) is 14.6 Å². The van der Waals surface area contributed by atoms with Gasteiger partial charge in [0.05, 0.1) is 30.0 Å². The van der Waals surface area contributed by atoms with Crippen LogP contribution < -0.4 is 9.47 Å². The van der Waals surface area contributed by atoms with Crippen molar-refractivity contribution in [2.75, 3.05) is 20.0 Å². The minimum atomic E-state index is -0.643. The van der Waals surface area contributed by atoms with Crippen molar-refractivity contribution < 1.29 is 28.5 Å². The Morgan fingerprint density at radius 3 is 2.39 bits per heavy atom. The molecule has 1 aliphatic heterocycles. The first-order valence-corrected chi connectivity index (χ1v) is 10.7. The van der Waals surface area contributed by atoms with Gasteiger partial charge >= 0.3 is 11.9 Å². The molecule has 5 rings (SSSR count). The maximum Gasteiger partial charge on any atom is 0.341 e. The van der Waals surface area contributed by atoms with E-state index in [0.29, 0.717) is 33.7 Å². The molecule has 0 fully saturated rings. The molecule has 166 valence electrons. The zero-order valence-electron chi connectivity index (χ0n) is 18.2. The molecule has 1 aromatic heterocycles. The van der Waals surface area contributed by atoms with Gasteiger partial charge in [0.25, 0.3) is 0 Å². The van der Waals surface area contributed by atoms with Crippen LogP contribution in [-0.2, 0) is 9.47 Å². The first kappa shape index (κ1) is 20.8. The van der Waals surface area contributed by atoms with E-state index in [1.165, 1.54) is 0 Å². The molecule has 33 heavy (non-hydrogen) atoms. The third-order valence-corrected chi connectivity index (χ3v) is 5.48. The largest absolute Gasteiger partial charge is 0.462 e. The summed E-state index contributed by atoms with van der Waals surface area (Å²) in [6, 6.07) is 16.7. The van der Waals surface area contributed by atoms with E-state index in [1.54, 1.807) is 32.0 Å². The second-order valence-corrected chi connectivity index (χ2v) is 7.40. The van der Waals surface area contributed by atoms with Gasteiger partial charge in [0.15, 0.2) is 11.5 Å². The number of benzene rings is 3. The molecule has 0 spiro atoms. The zero-order chi connectivity index (χ0) is 22.9. The Bertz CT molecular complexity index is 1410. The van der Waals surface area contributed by atoms with Gasteiger partial charge < -0.3 is 18.9 Å². The van der Waals surface area contributed by atoms with E-state index in [1.807, 2.05) is 36.4 Å². The Hall–Kier alpha value is -4.13. The van der Waals surface area contributed by atoms with E-state index in [-0.39, 0.29) is 31.1 Å². The van der Waals surface area contributed by atoms with Gasteiger partial charge in [0.2, 0.25) is 6.79 Å². The Labute approximate surface area is 189 Å². The van der Waals surface area contributed by atoms with Crippen molar-refractivity contribution in [3.8, 4) is 22.8 Å². The number of fused-ring (bicyclic) bond motifs is 4. The molecular weight excluding hydrogens is 422 g/mol. The van der Waals surface area contributed by atoms with Gasteiger partial charge in [-0.2, -0.15) is 0 Å². The smallest absolute Gasteiger partial charge is 0.341 e. The highest BCUT2D eigenvalue weighted by Gasteiger charge is 2.30. The van der Waals surface area contributed by atoms with Crippen molar-refractivity contribution in [1.82, 2.24) is 4.98 Å². The summed E-state index contributed by atoms with van der Waals surface area (Å²) in [6.07, 6.45) is 0. The molecule has 0 saturated carbocycles. The lowest BCUT2D eigenvalue weighted by atomic mass is 9.93. The molecular formula is C26H21NO6. The van der Waals surface area contributed by atoms with Crippen molar-refractivity contribution in [3.63, 3.8) is 0 Å². The normalized spacial score (nSPS) is 12.2. The summed E-state index contributed by atoms with van der Waals surface area (Å²) < 4.78 is 21.7.